The molecule has 1 amide bonds. The van der Waals surface area contributed by atoms with Crippen molar-refractivity contribution in [2.24, 2.45) is 0 Å². The predicted molar refractivity (Wildman–Crippen MR) is 97.0 cm³/mol. The number of aliphatic hydroxyl groups is 2. The van der Waals surface area contributed by atoms with Crippen molar-refractivity contribution in [2.75, 3.05) is 11.9 Å². The van der Waals surface area contributed by atoms with Gasteiger partial charge in [0.1, 0.15) is 17.6 Å². The first kappa shape index (κ1) is 21.4. The van der Waals surface area contributed by atoms with E-state index in [-0.39, 0.29) is 23.6 Å². The maximum Gasteiger partial charge on any atom is 0.416 e. The molecule has 1 unspecified atom stereocenters. The van der Waals surface area contributed by atoms with E-state index in [1.165, 1.54) is 29.2 Å². The molecule has 0 spiro atoms. The number of benzene rings is 1. The van der Waals surface area contributed by atoms with Crippen molar-refractivity contribution >= 4 is 11.7 Å². The number of carbonyl (C=O) groups is 1. The Morgan fingerprint density at radius 1 is 1.23 bits per heavy atom. The summed E-state index contributed by atoms with van der Waals surface area (Å²) in [6.07, 6.45) is -2.18. The molecule has 158 valence electrons. The van der Waals surface area contributed by atoms with Crippen LogP contribution in [0.15, 0.2) is 49.1 Å². The molecule has 0 bridgehead atoms. The Morgan fingerprint density at radius 3 is 2.67 bits per heavy atom. The van der Waals surface area contributed by atoms with Crippen LogP contribution in [0.3, 0.4) is 0 Å². The number of imidazole rings is 1. The number of alkyl halides is 3. The number of carbonyl (C=O) groups excluding carboxylic acids is 1. The molecular weight excluding hydrogens is 408 g/mol. The van der Waals surface area contributed by atoms with Crippen molar-refractivity contribution in [3.05, 3.63) is 77.3 Å². The van der Waals surface area contributed by atoms with E-state index in [1.54, 1.807) is 0 Å². The number of rotatable bonds is 6. The zero-order chi connectivity index (χ0) is 21.9. The summed E-state index contributed by atoms with van der Waals surface area (Å²) in [5.74, 6) is -1.58. The average molecular weight is 424 g/mol. The van der Waals surface area contributed by atoms with Crippen LogP contribution in [0, 0.1) is 5.82 Å². The highest BCUT2D eigenvalue weighted by Gasteiger charge is 2.30. The topological polar surface area (TPSA) is 100 Å². The van der Waals surface area contributed by atoms with Crippen LogP contribution in [0.4, 0.5) is 23.4 Å². The highest BCUT2D eigenvalue weighted by atomic mass is 19.4. The average Bonchev–Trinajstić information content (AvgIpc) is 3.13. The smallest absolute Gasteiger partial charge is 0.393 e. The van der Waals surface area contributed by atoms with Gasteiger partial charge in [-0.05, 0) is 23.8 Å². The number of nitrogens with zero attached hydrogens (tertiary/aromatic N) is 3. The monoisotopic (exact) mass is 424 g/mol. The Morgan fingerprint density at radius 2 is 2.00 bits per heavy atom. The Kier molecular flexibility index (Phi) is 6.13. The number of hydrogen-bond acceptors (Lipinski definition) is 5. The molecule has 3 aromatic rings. The number of anilines is 1. The highest BCUT2D eigenvalue weighted by Crippen LogP contribution is 2.29. The lowest BCUT2D eigenvalue weighted by molar-refractivity contribution is -0.137. The number of aromatic nitrogens is 3. The molecule has 0 aliphatic heterocycles. The van der Waals surface area contributed by atoms with E-state index in [9.17, 15) is 27.5 Å². The van der Waals surface area contributed by atoms with Gasteiger partial charge in [-0.15, -0.1) is 0 Å². The number of amides is 1. The fourth-order valence-corrected chi connectivity index (χ4v) is 2.66. The maximum atomic E-state index is 13.9. The van der Waals surface area contributed by atoms with Gasteiger partial charge >= 0.3 is 6.18 Å². The van der Waals surface area contributed by atoms with Crippen LogP contribution in [-0.4, -0.2) is 37.3 Å². The van der Waals surface area contributed by atoms with Crippen molar-refractivity contribution < 1.29 is 32.6 Å². The van der Waals surface area contributed by atoms with Crippen molar-refractivity contribution in [2.45, 2.75) is 18.8 Å². The third-order valence-corrected chi connectivity index (χ3v) is 4.11. The zero-order valence-corrected chi connectivity index (χ0v) is 15.3. The van der Waals surface area contributed by atoms with Crippen LogP contribution in [0.1, 0.15) is 33.3 Å². The minimum Gasteiger partial charge on any atom is -0.393 e. The summed E-state index contributed by atoms with van der Waals surface area (Å²) in [7, 11) is 0. The third-order valence-electron chi connectivity index (χ3n) is 4.11. The molecule has 7 nitrogen and oxygen atoms in total. The molecule has 2 heterocycles. The minimum atomic E-state index is -4.45. The molecule has 0 saturated heterocycles. The van der Waals surface area contributed by atoms with Gasteiger partial charge < -0.3 is 20.1 Å². The quantitative estimate of drug-likeness (QED) is 0.529. The van der Waals surface area contributed by atoms with Gasteiger partial charge in [0.25, 0.3) is 5.91 Å². The van der Waals surface area contributed by atoms with Gasteiger partial charge in [0, 0.05) is 18.9 Å². The van der Waals surface area contributed by atoms with Crippen molar-refractivity contribution in [1.29, 1.82) is 0 Å². The van der Waals surface area contributed by atoms with Gasteiger partial charge in [0.2, 0.25) is 0 Å². The van der Waals surface area contributed by atoms with Crippen LogP contribution in [-0.2, 0) is 12.7 Å². The SMILES string of the molecule is O=C(Nc1cn(Cc2cccc(C(F)(F)F)c2)cn1)c1cnc(C(O)CO)c(F)c1. The molecule has 11 heteroatoms. The molecule has 2 aromatic heterocycles. The summed E-state index contributed by atoms with van der Waals surface area (Å²) >= 11 is 0. The molecular formula is C19H16F4N4O3. The Hall–Kier alpha value is -3.31. The highest BCUT2D eigenvalue weighted by molar-refractivity contribution is 6.03. The molecule has 3 rings (SSSR count). The van der Waals surface area contributed by atoms with E-state index >= 15 is 0 Å². The second-order valence-electron chi connectivity index (χ2n) is 6.37. The summed E-state index contributed by atoms with van der Waals surface area (Å²) in [4.78, 5) is 19.8. The van der Waals surface area contributed by atoms with Gasteiger partial charge in [0.15, 0.2) is 5.82 Å². The Balaban J connectivity index is 1.68. The first-order chi connectivity index (χ1) is 14.2. The molecule has 0 radical (unpaired) electrons. The van der Waals surface area contributed by atoms with Crippen LogP contribution in [0.25, 0.3) is 0 Å². The van der Waals surface area contributed by atoms with Crippen LogP contribution in [0.2, 0.25) is 0 Å². The Labute approximate surface area is 167 Å². The second-order valence-corrected chi connectivity index (χ2v) is 6.37. The number of nitrogens with one attached hydrogen (secondary N) is 1. The molecule has 0 fully saturated rings. The first-order valence-electron chi connectivity index (χ1n) is 8.61. The molecule has 0 aliphatic carbocycles. The summed E-state index contributed by atoms with van der Waals surface area (Å²) in [6, 6.07) is 5.69. The zero-order valence-electron chi connectivity index (χ0n) is 15.3. The van der Waals surface area contributed by atoms with Gasteiger partial charge in [-0.3, -0.25) is 9.78 Å². The van der Waals surface area contributed by atoms with E-state index in [0.717, 1.165) is 24.4 Å². The molecule has 1 aromatic carbocycles. The number of aliphatic hydroxyl groups excluding tert-OH is 2. The lowest BCUT2D eigenvalue weighted by Crippen LogP contribution is -2.15. The fraction of sp³-hybridized carbons (Fsp3) is 0.211. The van der Waals surface area contributed by atoms with Crippen molar-refractivity contribution in [3.63, 3.8) is 0 Å². The standard InChI is InChI=1S/C19H16F4N4O3/c20-14-5-12(6-24-17(14)15(29)9-28)18(30)26-16-8-27(10-25-16)7-11-2-1-3-13(4-11)19(21,22)23/h1-6,8,10,15,28-29H,7,9H2,(H,26,30). The van der Waals surface area contributed by atoms with Gasteiger partial charge in [-0.1, -0.05) is 12.1 Å². The minimum absolute atomic E-state index is 0.0940. The lowest BCUT2D eigenvalue weighted by Gasteiger charge is -2.09. The van der Waals surface area contributed by atoms with Crippen molar-refractivity contribution in [3.8, 4) is 0 Å². The van der Waals surface area contributed by atoms with Crippen LogP contribution in [0.5, 0.6) is 0 Å². The van der Waals surface area contributed by atoms with E-state index in [0.29, 0.717) is 5.56 Å². The predicted octanol–water partition coefficient (Wildman–Crippen LogP) is 2.76. The summed E-state index contributed by atoms with van der Waals surface area (Å²) in [5, 5.41) is 20.7. The lowest BCUT2D eigenvalue weighted by atomic mass is 10.1. The van der Waals surface area contributed by atoms with Crippen molar-refractivity contribution in [1.82, 2.24) is 14.5 Å². The Bertz CT molecular complexity index is 1050. The molecule has 3 N–H and O–H groups in total. The van der Waals surface area contributed by atoms with E-state index in [1.807, 2.05) is 0 Å². The third kappa shape index (κ3) is 4.99. The van der Waals surface area contributed by atoms with E-state index < -0.39 is 36.2 Å². The molecule has 0 saturated carbocycles. The van der Waals surface area contributed by atoms with Gasteiger partial charge in [-0.25, -0.2) is 9.37 Å². The summed E-state index contributed by atoms with van der Waals surface area (Å²) < 4.78 is 53.8. The van der Waals surface area contributed by atoms with Crippen LogP contribution < -0.4 is 5.32 Å². The number of pyridine rings is 1. The molecule has 30 heavy (non-hydrogen) atoms. The molecule has 0 aliphatic rings. The van der Waals surface area contributed by atoms with Crippen LogP contribution >= 0.6 is 0 Å². The molecule has 1 atom stereocenters. The first-order valence-corrected chi connectivity index (χ1v) is 8.61. The van der Waals surface area contributed by atoms with E-state index in [4.69, 9.17) is 5.11 Å². The second kappa shape index (κ2) is 8.59. The van der Waals surface area contributed by atoms with Gasteiger partial charge in [0.05, 0.1) is 24.1 Å². The largest absolute Gasteiger partial charge is 0.416 e. The fourth-order valence-electron chi connectivity index (χ4n) is 2.66. The van der Waals surface area contributed by atoms with Gasteiger partial charge in [-0.2, -0.15) is 13.2 Å². The summed E-state index contributed by atoms with van der Waals surface area (Å²) in [6.45, 7) is -0.629. The number of hydrogen-bond donors (Lipinski definition) is 3. The number of halogens is 4. The maximum absolute atomic E-state index is 13.9. The summed E-state index contributed by atoms with van der Waals surface area (Å²) in [5.41, 5.74) is -0.907. The van der Waals surface area contributed by atoms with E-state index in [2.05, 4.69) is 15.3 Å². The normalized spacial score (nSPS) is 12.6.